The molecule has 1 amide bonds. The predicted octanol–water partition coefficient (Wildman–Crippen LogP) is 1.83. The fraction of sp³-hybridized carbons (Fsp3) is 0.176. The molecule has 0 fully saturated rings. The van der Waals surface area contributed by atoms with E-state index >= 15 is 0 Å². The summed E-state index contributed by atoms with van der Waals surface area (Å²) in [5, 5.41) is 2.71. The molecule has 1 aromatic heterocycles. The highest BCUT2D eigenvalue weighted by Gasteiger charge is 2.10. The molecule has 0 atom stereocenters. The van der Waals surface area contributed by atoms with Crippen LogP contribution in [-0.2, 0) is 17.8 Å². The molecule has 0 aliphatic heterocycles. The second kappa shape index (κ2) is 6.48. The maximum atomic E-state index is 13.5. The lowest BCUT2D eigenvalue weighted by Gasteiger charge is -2.07. The average Bonchev–Trinajstić information content (AvgIpc) is 2.85. The third-order valence-corrected chi connectivity index (χ3v) is 3.66. The summed E-state index contributed by atoms with van der Waals surface area (Å²) in [6, 6.07) is 13.6. The van der Waals surface area contributed by atoms with E-state index in [0.717, 1.165) is 0 Å². The molecule has 2 aromatic carbocycles. The molecule has 3 aromatic rings. The first kappa shape index (κ1) is 15.0. The fourth-order valence-corrected chi connectivity index (χ4v) is 2.50. The molecule has 0 radical (unpaired) electrons. The van der Waals surface area contributed by atoms with Crippen LogP contribution in [0.3, 0.4) is 0 Å². The Bertz CT molecular complexity index is 898. The monoisotopic (exact) mass is 313 g/mol. The summed E-state index contributed by atoms with van der Waals surface area (Å²) in [4.78, 5) is 26.6. The molecule has 0 saturated heterocycles. The lowest BCUT2D eigenvalue weighted by molar-refractivity contribution is -0.121. The minimum Gasteiger partial charge on any atom is -0.354 e. The van der Waals surface area contributed by atoms with Crippen molar-refractivity contribution in [2.45, 2.75) is 13.0 Å². The molecule has 0 aliphatic rings. The van der Waals surface area contributed by atoms with Gasteiger partial charge < -0.3 is 10.3 Å². The van der Waals surface area contributed by atoms with Crippen molar-refractivity contribution in [3.05, 3.63) is 70.4 Å². The van der Waals surface area contributed by atoms with Crippen LogP contribution >= 0.6 is 0 Å². The van der Waals surface area contributed by atoms with E-state index in [0.29, 0.717) is 29.6 Å². The van der Waals surface area contributed by atoms with Gasteiger partial charge in [0.15, 0.2) is 0 Å². The lowest BCUT2D eigenvalue weighted by Crippen LogP contribution is -2.32. The highest BCUT2D eigenvalue weighted by molar-refractivity contribution is 5.80. The quantitative estimate of drug-likeness (QED) is 0.754. The number of nitrogens with zero attached hydrogens (tertiary/aromatic N) is 1. The fourth-order valence-electron chi connectivity index (χ4n) is 2.50. The van der Waals surface area contributed by atoms with Gasteiger partial charge in [0.05, 0.1) is 11.0 Å². The van der Waals surface area contributed by atoms with Crippen molar-refractivity contribution in [3.63, 3.8) is 0 Å². The number of hydrogen-bond acceptors (Lipinski definition) is 2. The third-order valence-electron chi connectivity index (χ3n) is 3.66. The maximum absolute atomic E-state index is 13.5. The van der Waals surface area contributed by atoms with Crippen molar-refractivity contribution in [1.82, 2.24) is 14.9 Å². The number of aromatic nitrogens is 2. The van der Waals surface area contributed by atoms with Crippen molar-refractivity contribution in [1.29, 1.82) is 0 Å². The first-order valence-electron chi connectivity index (χ1n) is 7.33. The van der Waals surface area contributed by atoms with Gasteiger partial charge in [0.1, 0.15) is 12.4 Å². The van der Waals surface area contributed by atoms with E-state index in [9.17, 15) is 14.0 Å². The molecule has 3 rings (SSSR count). The second-order valence-corrected chi connectivity index (χ2v) is 5.22. The molecular weight excluding hydrogens is 297 g/mol. The Morgan fingerprint density at radius 2 is 1.87 bits per heavy atom. The Hall–Kier alpha value is -2.89. The standard InChI is InChI=1S/C17H16FN3O2/c18-13-6-2-1-5-12(13)9-10-19-16(22)11-21-15-8-4-3-7-14(15)20-17(21)23/h1-8H,9-11H2,(H,19,22)(H,20,23). The van der Waals surface area contributed by atoms with Gasteiger partial charge in [0.2, 0.25) is 5.91 Å². The Labute approximate surface area is 131 Å². The van der Waals surface area contributed by atoms with Crippen LogP contribution in [0.15, 0.2) is 53.3 Å². The van der Waals surface area contributed by atoms with Gasteiger partial charge in [0.25, 0.3) is 0 Å². The van der Waals surface area contributed by atoms with E-state index in [4.69, 9.17) is 0 Å². The van der Waals surface area contributed by atoms with E-state index in [-0.39, 0.29) is 24.0 Å². The molecule has 0 unspecified atom stereocenters. The zero-order chi connectivity index (χ0) is 16.2. The van der Waals surface area contributed by atoms with Crippen LogP contribution in [0.4, 0.5) is 4.39 Å². The average molecular weight is 313 g/mol. The molecule has 0 saturated carbocycles. The van der Waals surface area contributed by atoms with Crippen LogP contribution in [-0.4, -0.2) is 22.0 Å². The zero-order valence-electron chi connectivity index (χ0n) is 12.4. The minimum atomic E-state index is -0.324. The predicted molar refractivity (Wildman–Crippen MR) is 85.7 cm³/mol. The molecular formula is C17H16FN3O2. The number of para-hydroxylation sites is 2. The van der Waals surface area contributed by atoms with Crippen LogP contribution in [0.2, 0.25) is 0 Å². The number of fused-ring (bicyclic) bond motifs is 1. The van der Waals surface area contributed by atoms with Gasteiger partial charge in [-0.15, -0.1) is 0 Å². The van der Waals surface area contributed by atoms with E-state index in [2.05, 4.69) is 10.3 Å². The number of carbonyl (C=O) groups excluding carboxylic acids is 1. The molecule has 23 heavy (non-hydrogen) atoms. The van der Waals surface area contributed by atoms with Gasteiger partial charge >= 0.3 is 5.69 Å². The second-order valence-electron chi connectivity index (χ2n) is 5.22. The SMILES string of the molecule is O=C(Cn1c(=O)[nH]c2ccccc21)NCCc1ccccc1F. The van der Waals surface area contributed by atoms with Gasteiger partial charge in [-0.25, -0.2) is 9.18 Å². The summed E-state index contributed by atoms with van der Waals surface area (Å²) in [6.45, 7) is 0.247. The summed E-state index contributed by atoms with van der Waals surface area (Å²) in [5.41, 5.74) is 1.60. The van der Waals surface area contributed by atoms with Crippen LogP contribution in [0, 0.1) is 5.82 Å². The summed E-state index contributed by atoms with van der Waals surface area (Å²) >= 11 is 0. The number of hydrogen-bond donors (Lipinski definition) is 2. The van der Waals surface area contributed by atoms with Gasteiger partial charge in [0, 0.05) is 6.54 Å². The molecule has 2 N–H and O–H groups in total. The zero-order valence-corrected chi connectivity index (χ0v) is 12.4. The number of imidazole rings is 1. The lowest BCUT2D eigenvalue weighted by atomic mass is 10.1. The number of benzene rings is 2. The van der Waals surface area contributed by atoms with Crippen molar-refractivity contribution >= 4 is 16.9 Å². The third kappa shape index (κ3) is 3.31. The first-order valence-corrected chi connectivity index (χ1v) is 7.33. The number of halogens is 1. The van der Waals surface area contributed by atoms with Gasteiger partial charge in [-0.2, -0.15) is 0 Å². The molecule has 0 bridgehead atoms. The van der Waals surface area contributed by atoms with E-state index in [1.165, 1.54) is 10.6 Å². The summed E-state index contributed by atoms with van der Waals surface area (Å²) in [5.74, 6) is -0.567. The molecule has 5 nitrogen and oxygen atoms in total. The Kier molecular flexibility index (Phi) is 4.23. The van der Waals surface area contributed by atoms with Crippen molar-refractivity contribution in [3.8, 4) is 0 Å². The van der Waals surface area contributed by atoms with E-state index < -0.39 is 0 Å². The van der Waals surface area contributed by atoms with Crippen LogP contribution in [0.5, 0.6) is 0 Å². The van der Waals surface area contributed by atoms with Gasteiger partial charge in [-0.1, -0.05) is 30.3 Å². The number of amides is 1. The van der Waals surface area contributed by atoms with Crippen LogP contribution in [0.1, 0.15) is 5.56 Å². The normalized spacial score (nSPS) is 10.8. The summed E-state index contributed by atoms with van der Waals surface area (Å²) < 4.78 is 14.9. The van der Waals surface area contributed by atoms with E-state index in [1.807, 2.05) is 12.1 Å². The summed E-state index contributed by atoms with van der Waals surface area (Å²) in [7, 11) is 0. The molecule has 6 heteroatoms. The highest BCUT2D eigenvalue weighted by Crippen LogP contribution is 2.09. The van der Waals surface area contributed by atoms with Crippen molar-refractivity contribution < 1.29 is 9.18 Å². The minimum absolute atomic E-state index is 0.0693. The molecule has 0 aliphatic carbocycles. The Morgan fingerprint density at radius 3 is 2.70 bits per heavy atom. The molecule has 118 valence electrons. The number of H-pyrrole nitrogens is 1. The number of rotatable bonds is 5. The van der Waals surface area contributed by atoms with Gasteiger partial charge in [-0.05, 0) is 30.2 Å². The summed E-state index contributed by atoms with van der Waals surface area (Å²) in [6.07, 6.45) is 0.404. The molecule has 1 heterocycles. The van der Waals surface area contributed by atoms with Crippen LogP contribution in [0.25, 0.3) is 11.0 Å². The number of nitrogens with one attached hydrogen (secondary N) is 2. The van der Waals surface area contributed by atoms with Gasteiger partial charge in [-0.3, -0.25) is 9.36 Å². The number of carbonyl (C=O) groups is 1. The van der Waals surface area contributed by atoms with Crippen molar-refractivity contribution in [2.24, 2.45) is 0 Å². The Morgan fingerprint density at radius 1 is 1.13 bits per heavy atom. The van der Waals surface area contributed by atoms with Crippen LogP contribution < -0.4 is 11.0 Å². The smallest absolute Gasteiger partial charge is 0.326 e. The Balaban J connectivity index is 1.62. The maximum Gasteiger partial charge on any atom is 0.326 e. The first-order chi connectivity index (χ1) is 11.1. The topological polar surface area (TPSA) is 66.9 Å². The highest BCUT2D eigenvalue weighted by atomic mass is 19.1. The number of aromatic amines is 1. The van der Waals surface area contributed by atoms with E-state index in [1.54, 1.807) is 30.3 Å². The molecule has 0 spiro atoms. The van der Waals surface area contributed by atoms with Crippen molar-refractivity contribution in [2.75, 3.05) is 6.54 Å². The largest absolute Gasteiger partial charge is 0.354 e.